The quantitative estimate of drug-likeness (QED) is 0.781. The number of hydrogen-bond donors (Lipinski definition) is 0. The topological polar surface area (TPSA) is 58.8 Å². The van der Waals surface area contributed by atoms with E-state index in [0.717, 1.165) is 11.5 Å². The van der Waals surface area contributed by atoms with Crippen LogP contribution in [0, 0.1) is 11.3 Å². The van der Waals surface area contributed by atoms with Crippen LogP contribution in [-0.4, -0.2) is 16.6 Å². The molecule has 0 saturated carbocycles. The van der Waals surface area contributed by atoms with Gasteiger partial charge in [0.25, 0.3) is 0 Å². The van der Waals surface area contributed by atoms with Gasteiger partial charge in [0.05, 0.1) is 5.69 Å². The minimum absolute atomic E-state index is 0.0199. The molecule has 1 rings (SSSR count). The number of aromatic nitrogens is 2. The van der Waals surface area contributed by atoms with Crippen molar-refractivity contribution in [2.45, 2.75) is 39.5 Å². The third-order valence-electron chi connectivity index (χ3n) is 2.13. The van der Waals surface area contributed by atoms with Crippen molar-refractivity contribution >= 4 is 0 Å². The lowest BCUT2D eigenvalue weighted by Gasteiger charge is -2.11. The Kier molecular flexibility index (Phi) is 4.24. The average molecular weight is 219 g/mol. The molecule has 16 heavy (non-hydrogen) atoms. The maximum atomic E-state index is 8.47. The van der Waals surface area contributed by atoms with Crippen molar-refractivity contribution in [2.75, 3.05) is 6.61 Å². The molecule has 0 fully saturated rings. The first-order valence-electron chi connectivity index (χ1n) is 5.43. The minimum atomic E-state index is 0.0199. The first-order chi connectivity index (χ1) is 7.54. The molecule has 0 aliphatic rings. The molecule has 1 aromatic rings. The van der Waals surface area contributed by atoms with Crippen LogP contribution in [-0.2, 0) is 0 Å². The van der Waals surface area contributed by atoms with Gasteiger partial charge in [0.15, 0.2) is 6.61 Å². The van der Waals surface area contributed by atoms with E-state index in [2.05, 4.69) is 23.8 Å². The van der Waals surface area contributed by atoms with Crippen molar-refractivity contribution in [1.29, 1.82) is 5.26 Å². The van der Waals surface area contributed by atoms with E-state index in [-0.39, 0.29) is 12.5 Å². The zero-order chi connectivity index (χ0) is 12.1. The van der Waals surface area contributed by atoms with Gasteiger partial charge in [0, 0.05) is 12.0 Å². The fourth-order valence-electron chi connectivity index (χ4n) is 1.20. The Morgan fingerprint density at radius 1 is 1.25 bits per heavy atom. The molecule has 0 spiro atoms. The summed E-state index contributed by atoms with van der Waals surface area (Å²) in [7, 11) is 0. The van der Waals surface area contributed by atoms with Gasteiger partial charge in [-0.25, -0.2) is 4.98 Å². The molecule has 0 saturated heterocycles. The normalized spacial score (nSPS) is 10.6. The lowest BCUT2D eigenvalue weighted by molar-refractivity contribution is 0.349. The van der Waals surface area contributed by atoms with Crippen molar-refractivity contribution in [1.82, 2.24) is 9.97 Å². The molecule has 0 aromatic carbocycles. The summed E-state index contributed by atoms with van der Waals surface area (Å²) in [6.45, 7) is 8.23. The molecule has 0 atom stereocenters. The fourth-order valence-corrected chi connectivity index (χ4v) is 1.20. The first-order valence-corrected chi connectivity index (χ1v) is 5.43. The largest absolute Gasteiger partial charge is 0.462 e. The van der Waals surface area contributed by atoms with Crippen LogP contribution in [0.3, 0.4) is 0 Å². The Bertz CT molecular complexity index is 367. The van der Waals surface area contributed by atoms with Gasteiger partial charge in [-0.3, -0.25) is 0 Å². The van der Waals surface area contributed by atoms with E-state index in [4.69, 9.17) is 10.00 Å². The highest BCUT2D eigenvalue weighted by atomic mass is 16.5. The second-order valence-corrected chi connectivity index (χ2v) is 4.25. The predicted octanol–water partition coefficient (Wildman–Crippen LogP) is 2.63. The average Bonchev–Trinajstić information content (AvgIpc) is 2.25. The van der Waals surface area contributed by atoms with Crippen LogP contribution < -0.4 is 4.74 Å². The molecule has 4 nitrogen and oxygen atoms in total. The predicted molar refractivity (Wildman–Crippen MR) is 61.3 cm³/mol. The molecule has 0 unspecified atom stereocenters. The zero-order valence-corrected chi connectivity index (χ0v) is 10.2. The molecule has 1 heterocycles. The second kappa shape index (κ2) is 5.45. The summed E-state index contributed by atoms with van der Waals surface area (Å²) in [5.41, 5.74) is 0.951. The first kappa shape index (κ1) is 12.4. The van der Waals surface area contributed by atoms with Crippen LogP contribution in [0.4, 0.5) is 0 Å². The van der Waals surface area contributed by atoms with Crippen LogP contribution in [0.15, 0.2) is 6.07 Å². The highest BCUT2D eigenvalue weighted by Gasteiger charge is 2.10. The van der Waals surface area contributed by atoms with Gasteiger partial charge in [0.2, 0.25) is 5.88 Å². The molecule has 0 radical (unpaired) electrons. The summed E-state index contributed by atoms with van der Waals surface area (Å²) < 4.78 is 5.22. The van der Waals surface area contributed by atoms with Crippen molar-refractivity contribution < 1.29 is 4.74 Å². The summed E-state index contributed by atoms with van der Waals surface area (Å²) in [5, 5.41) is 8.47. The van der Waals surface area contributed by atoms with Gasteiger partial charge in [0.1, 0.15) is 11.9 Å². The number of nitrogens with zero attached hydrogens (tertiary/aromatic N) is 3. The molecular weight excluding hydrogens is 202 g/mol. The van der Waals surface area contributed by atoms with Crippen molar-refractivity contribution in [2.24, 2.45) is 0 Å². The number of ether oxygens (including phenoxy) is 1. The van der Waals surface area contributed by atoms with Crippen LogP contribution >= 0.6 is 0 Å². The molecule has 0 N–H and O–H groups in total. The Labute approximate surface area is 96.3 Å². The smallest absolute Gasteiger partial charge is 0.217 e. The molecule has 4 heteroatoms. The third-order valence-corrected chi connectivity index (χ3v) is 2.13. The van der Waals surface area contributed by atoms with E-state index in [1.165, 1.54) is 0 Å². The Balaban J connectivity index is 3.04. The summed E-state index contributed by atoms with van der Waals surface area (Å²) in [6, 6.07) is 3.73. The van der Waals surface area contributed by atoms with Crippen molar-refractivity contribution in [3.63, 3.8) is 0 Å². The van der Waals surface area contributed by atoms with Gasteiger partial charge >= 0.3 is 0 Å². The Morgan fingerprint density at radius 3 is 2.44 bits per heavy atom. The lowest BCUT2D eigenvalue weighted by Crippen LogP contribution is -2.06. The number of hydrogen-bond acceptors (Lipinski definition) is 4. The van der Waals surface area contributed by atoms with Crippen LogP contribution in [0.2, 0.25) is 0 Å². The molecule has 0 amide bonds. The van der Waals surface area contributed by atoms with E-state index >= 15 is 0 Å². The minimum Gasteiger partial charge on any atom is -0.462 e. The van der Waals surface area contributed by atoms with Gasteiger partial charge in [-0.2, -0.15) is 10.2 Å². The Hall–Kier alpha value is -1.63. The second-order valence-electron chi connectivity index (χ2n) is 4.25. The van der Waals surface area contributed by atoms with E-state index in [9.17, 15) is 0 Å². The van der Waals surface area contributed by atoms with Crippen LogP contribution in [0.5, 0.6) is 5.88 Å². The standard InChI is InChI=1S/C12H17N3O/c1-8(2)10-7-11(16-6-5-13)15-12(14-10)9(3)4/h7-9H,6H2,1-4H3. The van der Waals surface area contributed by atoms with Crippen molar-refractivity contribution in [3.8, 4) is 11.9 Å². The van der Waals surface area contributed by atoms with E-state index in [0.29, 0.717) is 11.8 Å². The van der Waals surface area contributed by atoms with E-state index in [1.807, 2.05) is 19.9 Å². The number of nitriles is 1. The zero-order valence-electron chi connectivity index (χ0n) is 10.2. The molecule has 0 aliphatic carbocycles. The lowest BCUT2D eigenvalue weighted by atomic mass is 10.1. The maximum Gasteiger partial charge on any atom is 0.217 e. The third kappa shape index (κ3) is 3.20. The van der Waals surface area contributed by atoms with Crippen molar-refractivity contribution in [3.05, 3.63) is 17.6 Å². The van der Waals surface area contributed by atoms with Gasteiger partial charge < -0.3 is 4.74 Å². The SMILES string of the molecule is CC(C)c1cc(OCC#N)nc(C(C)C)n1. The van der Waals surface area contributed by atoms with Crippen LogP contribution in [0.25, 0.3) is 0 Å². The van der Waals surface area contributed by atoms with Gasteiger partial charge in [-0.1, -0.05) is 27.7 Å². The van der Waals surface area contributed by atoms with Gasteiger partial charge in [-0.05, 0) is 5.92 Å². The summed E-state index contributed by atoms with van der Waals surface area (Å²) in [5.74, 6) is 1.83. The monoisotopic (exact) mass is 219 g/mol. The fraction of sp³-hybridized carbons (Fsp3) is 0.583. The highest BCUT2D eigenvalue weighted by molar-refractivity contribution is 5.20. The molecule has 0 bridgehead atoms. The number of rotatable bonds is 4. The molecule has 1 aromatic heterocycles. The maximum absolute atomic E-state index is 8.47. The molecular formula is C12H17N3O. The van der Waals surface area contributed by atoms with Crippen LogP contribution in [0.1, 0.15) is 51.0 Å². The van der Waals surface area contributed by atoms with Gasteiger partial charge in [-0.15, -0.1) is 0 Å². The Morgan fingerprint density at radius 2 is 1.94 bits per heavy atom. The summed E-state index contributed by atoms with van der Waals surface area (Å²) in [4.78, 5) is 8.73. The molecule has 86 valence electrons. The summed E-state index contributed by atoms with van der Waals surface area (Å²) >= 11 is 0. The molecule has 0 aliphatic heterocycles. The van der Waals surface area contributed by atoms with E-state index < -0.39 is 0 Å². The highest BCUT2D eigenvalue weighted by Crippen LogP contribution is 2.20. The summed E-state index contributed by atoms with van der Waals surface area (Å²) in [6.07, 6.45) is 0. The van der Waals surface area contributed by atoms with E-state index in [1.54, 1.807) is 6.07 Å².